The fraction of sp³-hybridized carbons (Fsp3) is 0.250. The van der Waals surface area contributed by atoms with Crippen molar-refractivity contribution >= 4 is 17.4 Å². The molecule has 3 N–H and O–H groups in total. The molecule has 0 saturated heterocycles. The van der Waals surface area contributed by atoms with E-state index in [1.54, 1.807) is 0 Å². The van der Waals surface area contributed by atoms with E-state index in [1.807, 2.05) is 55.5 Å². The van der Waals surface area contributed by atoms with E-state index in [1.165, 1.54) is 11.8 Å². The molecule has 4 heteroatoms. The minimum absolute atomic E-state index is 0.503. The van der Waals surface area contributed by atoms with Crippen molar-refractivity contribution in [2.24, 2.45) is 0 Å². The van der Waals surface area contributed by atoms with Gasteiger partial charge < -0.3 is 15.6 Å². The summed E-state index contributed by atoms with van der Waals surface area (Å²) in [5, 5.41) is 10.2. The van der Waals surface area contributed by atoms with E-state index in [2.05, 4.69) is 0 Å². The van der Waals surface area contributed by atoms with Crippen LogP contribution in [0.4, 0.5) is 5.69 Å². The van der Waals surface area contributed by atoms with Crippen LogP contribution < -0.4 is 10.5 Å². The summed E-state index contributed by atoms with van der Waals surface area (Å²) in [7, 11) is 0. The second-order valence-corrected chi connectivity index (χ2v) is 5.43. The number of ether oxygens (including phenoxy) is 1. The number of thioether (sulfide) groups is 1. The molecule has 2 aromatic rings. The summed E-state index contributed by atoms with van der Waals surface area (Å²) in [6.07, 6.45) is -0.503. The summed E-state index contributed by atoms with van der Waals surface area (Å²) in [4.78, 5) is 0.936. The van der Waals surface area contributed by atoms with Crippen LogP contribution in [0.5, 0.6) is 5.75 Å². The summed E-state index contributed by atoms with van der Waals surface area (Å²) in [5.74, 6) is 1.36. The van der Waals surface area contributed by atoms with Gasteiger partial charge in [-0.2, -0.15) is 0 Å². The second kappa shape index (κ2) is 7.22. The monoisotopic (exact) mass is 289 g/mol. The Balaban J connectivity index is 2.01. The summed E-state index contributed by atoms with van der Waals surface area (Å²) in [6.45, 7) is 2.57. The van der Waals surface area contributed by atoms with Gasteiger partial charge in [-0.25, -0.2) is 0 Å². The molecule has 20 heavy (non-hydrogen) atoms. The third-order valence-corrected chi connectivity index (χ3v) is 4.02. The summed E-state index contributed by atoms with van der Waals surface area (Å²) in [6, 6.07) is 15.2. The van der Waals surface area contributed by atoms with Gasteiger partial charge in [0, 0.05) is 16.3 Å². The van der Waals surface area contributed by atoms with Crippen LogP contribution in [0.2, 0.25) is 0 Å². The van der Waals surface area contributed by atoms with Gasteiger partial charge in [-0.3, -0.25) is 0 Å². The van der Waals surface area contributed by atoms with Crippen molar-refractivity contribution in [1.82, 2.24) is 0 Å². The Hall–Kier alpha value is -1.65. The quantitative estimate of drug-likeness (QED) is 0.631. The molecule has 0 heterocycles. The molecule has 0 aliphatic rings. The molecular formula is C16H19NO2S. The topological polar surface area (TPSA) is 55.5 Å². The first-order chi connectivity index (χ1) is 9.70. The van der Waals surface area contributed by atoms with Crippen molar-refractivity contribution in [2.45, 2.75) is 17.9 Å². The highest BCUT2D eigenvalue weighted by Gasteiger charge is 2.09. The SMILES string of the molecule is CCOc1ccc(N)c(SCC(O)c2ccccc2)c1. The number of aliphatic hydroxyl groups excluding tert-OH is 1. The zero-order valence-corrected chi connectivity index (χ0v) is 12.3. The Morgan fingerprint density at radius 3 is 2.65 bits per heavy atom. The molecule has 0 radical (unpaired) electrons. The van der Waals surface area contributed by atoms with Crippen LogP contribution in [0.15, 0.2) is 53.4 Å². The normalized spacial score (nSPS) is 12.1. The van der Waals surface area contributed by atoms with Gasteiger partial charge in [-0.05, 0) is 30.7 Å². The van der Waals surface area contributed by atoms with Gasteiger partial charge in [0.2, 0.25) is 0 Å². The average Bonchev–Trinajstić information content (AvgIpc) is 2.48. The lowest BCUT2D eigenvalue weighted by Gasteiger charge is -2.12. The van der Waals surface area contributed by atoms with E-state index in [4.69, 9.17) is 10.5 Å². The molecule has 3 nitrogen and oxygen atoms in total. The lowest BCUT2D eigenvalue weighted by Crippen LogP contribution is -2.01. The maximum Gasteiger partial charge on any atom is 0.120 e. The molecule has 2 aromatic carbocycles. The molecule has 0 aliphatic heterocycles. The molecular weight excluding hydrogens is 270 g/mol. The van der Waals surface area contributed by atoms with Crippen LogP contribution in [0.1, 0.15) is 18.6 Å². The number of rotatable bonds is 6. The first kappa shape index (κ1) is 14.8. The second-order valence-electron chi connectivity index (χ2n) is 4.37. The molecule has 0 spiro atoms. The molecule has 1 unspecified atom stereocenters. The van der Waals surface area contributed by atoms with Crippen molar-refractivity contribution in [1.29, 1.82) is 0 Å². The number of hydrogen-bond acceptors (Lipinski definition) is 4. The molecule has 0 aromatic heterocycles. The molecule has 0 amide bonds. The van der Waals surface area contributed by atoms with Crippen LogP contribution in [-0.2, 0) is 0 Å². The van der Waals surface area contributed by atoms with Gasteiger partial charge in [-0.1, -0.05) is 30.3 Å². The van der Waals surface area contributed by atoms with Gasteiger partial charge in [0.15, 0.2) is 0 Å². The third-order valence-electron chi connectivity index (χ3n) is 2.88. The average molecular weight is 289 g/mol. The van der Waals surface area contributed by atoms with Gasteiger partial charge in [0.05, 0.1) is 12.7 Å². The Morgan fingerprint density at radius 2 is 1.95 bits per heavy atom. The Morgan fingerprint density at radius 1 is 1.20 bits per heavy atom. The maximum absolute atomic E-state index is 10.2. The van der Waals surface area contributed by atoms with Crippen molar-refractivity contribution in [3.63, 3.8) is 0 Å². The molecule has 106 valence electrons. The van der Waals surface area contributed by atoms with Crippen LogP contribution >= 0.6 is 11.8 Å². The van der Waals surface area contributed by atoms with Gasteiger partial charge in [0.1, 0.15) is 5.75 Å². The van der Waals surface area contributed by atoms with Crippen molar-refractivity contribution < 1.29 is 9.84 Å². The molecule has 1 atom stereocenters. The van der Waals surface area contributed by atoms with Gasteiger partial charge in [-0.15, -0.1) is 11.8 Å². The van der Waals surface area contributed by atoms with E-state index in [0.29, 0.717) is 18.0 Å². The molecule has 0 fully saturated rings. The summed E-state index contributed by atoms with van der Waals surface area (Å²) >= 11 is 1.54. The summed E-state index contributed by atoms with van der Waals surface area (Å²) < 4.78 is 5.46. The molecule has 0 saturated carbocycles. The van der Waals surface area contributed by atoms with Gasteiger partial charge in [0.25, 0.3) is 0 Å². The van der Waals surface area contributed by atoms with E-state index < -0.39 is 6.10 Å². The van der Waals surface area contributed by atoms with E-state index in [-0.39, 0.29) is 0 Å². The van der Waals surface area contributed by atoms with Gasteiger partial charge >= 0.3 is 0 Å². The number of hydrogen-bond donors (Lipinski definition) is 2. The van der Waals surface area contributed by atoms with Crippen LogP contribution in [0.25, 0.3) is 0 Å². The molecule has 0 aliphatic carbocycles. The van der Waals surface area contributed by atoms with Crippen molar-refractivity contribution in [2.75, 3.05) is 18.1 Å². The van der Waals surface area contributed by atoms with E-state index in [9.17, 15) is 5.11 Å². The predicted octanol–water partition coefficient (Wildman–Crippen LogP) is 3.49. The predicted molar refractivity (Wildman–Crippen MR) is 84.1 cm³/mol. The zero-order chi connectivity index (χ0) is 14.4. The smallest absolute Gasteiger partial charge is 0.120 e. The third kappa shape index (κ3) is 3.92. The van der Waals surface area contributed by atoms with E-state index >= 15 is 0 Å². The minimum atomic E-state index is -0.503. The number of anilines is 1. The fourth-order valence-corrected chi connectivity index (χ4v) is 2.80. The van der Waals surface area contributed by atoms with Crippen LogP contribution in [0, 0.1) is 0 Å². The Labute approximate surface area is 123 Å². The zero-order valence-electron chi connectivity index (χ0n) is 11.5. The molecule has 2 rings (SSSR count). The minimum Gasteiger partial charge on any atom is -0.494 e. The van der Waals surface area contributed by atoms with Crippen molar-refractivity contribution in [3.05, 3.63) is 54.1 Å². The highest BCUT2D eigenvalue weighted by Crippen LogP contribution is 2.32. The van der Waals surface area contributed by atoms with Crippen molar-refractivity contribution in [3.8, 4) is 5.75 Å². The Kier molecular flexibility index (Phi) is 5.32. The lowest BCUT2D eigenvalue weighted by atomic mass is 10.1. The van der Waals surface area contributed by atoms with E-state index in [0.717, 1.165) is 16.2 Å². The number of benzene rings is 2. The highest BCUT2D eigenvalue weighted by atomic mass is 32.2. The first-order valence-corrected chi connectivity index (χ1v) is 7.57. The number of nitrogen functional groups attached to an aromatic ring is 1. The standard InChI is InChI=1S/C16H19NO2S/c1-2-19-13-8-9-14(17)16(10-13)20-11-15(18)12-6-4-3-5-7-12/h3-10,15,18H,2,11,17H2,1H3. The van der Waals surface area contributed by atoms with Crippen LogP contribution in [0.3, 0.4) is 0 Å². The number of aliphatic hydroxyl groups is 1. The summed E-state index contributed by atoms with van der Waals surface area (Å²) in [5.41, 5.74) is 7.58. The lowest BCUT2D eigenvalue weighted by molar-refractivity contribution is 0.204. The first-order valence-electron chi connectivity index (χ1n) is 6.59. The largest absolute Gasteiger partial charge is 0.494 e. The highest BCUT2D eigenvalue weighted by molar-refractivity contribution is 7.99. The fourth-order valence-electron chi connectivity index (χ4n) is 1.84. The van der Waals surface area contributed by atoms with Crippen LogP contribution in [-0.4, -0.2) is 17.5 Å². The maximum atomic E-state index is 10.2. The Bertz CT molecular complexity index is 545. The number of nitrogens with two attached hydrogens (primary N) is 1. The molecule has 0 bridgehead atoms.